The summed E-state index contributed by atoms with van der Waals surface area (Å²) in [6.07, 6.45) is 3.02. The van der Waals surface area contributed by atoms with Crippen molar-refractivity contribution < 1.29 is 13.2 Å². The van der Waals surface area contributed by atoms with Crippen LogP contribution in [0.3, 0.4) is 0 Å². The lowest BCUT2D eigenvalue weighted by Crippen LogP contribution is -2.05. The SMILES string of the molecule is Fc1cc(F)c(-n2c(-c3ccncc3)n[nH]c2=S)c(F)c1. The number of benzene rings is 1. The Labute approximate surface area is 121 Å². The molecule has 4 nitrogen and oxygen atoms in total. The van der Waals surface area contributed by atoms with E-state index in [4.69, 9.17) is 12.2 Å². The average Bonchev–Trinajstić information content (AvgIpc) is 2.81. The van der Waals surface area contributed by atoms with Crippen LogP contribution < -0.4 is 0 Å². The van der Waals surface area contributed by atoms with Gasteiger partial charge < -0.3 is 0 Å². The molecule has 106 valence electrons. The smallest absolute Gasteiger partial charge is 0.200 e. The van der Waals surface area contributed by atoms with Crippen molar-refractivity contribution in [1.29, 1.82) is 0 Å². The van der Waals surface area contributed by atoms with Gasteiger partial charge >= 0.3 is 0 Å². The largest absolute Gasteiger partial charge is 0.265 e. The molecule has 0 aliphatic carbocycles. The zero-order valence-corrected chi connectivity index (χ0v) is 11.2. The van der Waals surface area contributed by atoms with Gasteiger partial charge in [0.05, 0.1) is 0 Å². The van der Waals surface area contributed by atoms with Crippen LogP contribution in [0.5, 0.6) is 0 Å². The van der Waals surface area contributed by atoms with E-state index in [1.54, 1.807) is 12.1 Å². The van der Waals surface area contributed by atoms with Crippen molar-refractivity contribution in [1.82, 2.24) is 19.7 Å². The van der Waals surface area contributed by atoms with Crippen LogP contribution in [0.2, 0.25) is 0 Å². The Bertz CT molecular complexity index is 834. The molecule has 0 unspecified atom stereocenters. The van der Waals surface area contributed by atoms with Crippen LogP contribution in [0.15, 0.2) is 36.7 Å². The van der Waals surface area contributed by atoms with E-state index in [0.29, 0.717) is 17.7 Å². The van der Waals surface area contributed by atoms with Gasteiger partial charge in [-0.3, -0.25) is 14.6 Å². The maximum atomic E-state index is 13.9. The molecule has 2 aromatic heterocycles. The normalized spacial score (nSPS) is 10.8. The minimum absolute atomic E-state index is 0.00813. The van der Waals surface area contributed by atoms with Crippen molar-refractivity contribution in [2.24, 2.45) is 0 Å². The molecule has 0 saturated carbocycles. The molecule has 0 atom stereocenters. The van der Waals surface area contributed by atoms with Gasteiger partial charge in [0, 0.05) is 30.1 Å². The molecule has 1 N–H and O–H groups in total. The summed E-state index contributed by atoms with van der Waals surface area (Å²) < 4.78 is 42.0. The Morgan fingerprint density at radius 1 is 1.05 bits per heavy atom. The molecule has 0 spiro atoms. The number of halogens is 3. The number of aromatic nitrogens is 4. The van der Waals surface area contributed by atoms with Crippen molar-refractivity contribution in [3.63, 3.8) is 0 Å². The molecule has 0 radical (unpaired) electrons. The molecule has 0 saturated heterocycles. The second-order valence-corrected chi connectivity index (χ2v) is 4.53. The van der Waals surface area contributed by atoms with E-state index in [9.17, 15) is 13.2 Å². The Kier molecular flexibility index (Phi) is 3.30. The fourth-order valence-electron chi connectivity index (χ4n) is 1.95. The fraction of sp³-hybridized carbons (Fsp3) is 0. The highest BCUT2D eigenvalue weighted by molar-refractivity contribution is 7.71. The molecule has 2 heterocycles. The van der Waals surface area contributed by atoms with Crippen molar-refractivity contribution in [2.75, 3.05) is 0 Å². The standard InChI is InChI=1S/C13H7F3N4S/c14-8-5-9(15)11(10(16)6-8)20-12(18-19-13(20)21)7-1-3-17-4-2-7/h1-6H,(H,19,21). The van der Waals surface area contributed by atoms with Crippen LogP contribution in [0.25, 0.3) is 17.1 Å². The maximum absolute atomic E-state index is 13.9. The molecule has 0 bridgehead atoms. The van der Waals surface area contributed by atoms with Crippen molar-refractivity contribution in [2.45, 2.75) is 0 Å². The van der Waals surface area contributed by atoms with Gasteiger partial charge in [-0.15, -0.1) is 0 Å². The first-order valence-corrected chi connectivity index (χ1v) is 6.21. The van der Waals surface area contributed by atoms with Crippen LogP contribution in [0, 0.1) is 22.2 Å². The molecule has 0 fully saturated rings. The van der Waals surface area contributed by atoms with Crippen LogP contribution in [-0.4, -0.2) is 19.7 Å². The first-order valence-electron chi connectivity index (χ1n) is 5.80. The summed E-state index contributed by atoms with van der Waals surface area (Å²) in [4.78, 5) is 3.86. The number of nitrogens with one attached hydrogen (secondary N) is 1. The van der Waals surface area contributed by atoms with Gasteiger partial charge in [0.25, 0.3) is 0 Å². The van der Waals surface area contributed by atoms with Crippen LogP contribution in [0.4, 0.5) is 13.2 Å². The predicted octanol–water partition coefficient (Wildman–Crippen LogP) is 3.41. The highest BCUT2D eigenvalue weighted by Gasteiger charge is 2.19. The van der Waals surface area contributed by atoms with E-state index in [1.165, 1.54) is 12.4 Å². The molecule has 0 aliphatic rings. The molecule has 3 rings (SSSR count). The predicted molar refractivity (Wildman–Crippen MR) is 71.9 cm³/mol. The summed E-state index contributed by atoms with van der Waals surface area (Å²) in [6.45, 7) is 0. The number of H-pyrrole nitrogens is 1. The lowest BCUT2D eigenvalue weighted by molar-refractivity contribution is 0.534. The lowest BCUT2D eigenvalue weighted by atomic mass is 10.2. The second kappa shape index (κ2) is 5.13. The van der Waals surface area contributed by atoms with Gasteiger partial charge in [-0.1, -0.05) is 0 Å². The second-order valence-electron chi connectivity index (χ2n) is 4.14. The summed E-state index contributed by atoms with van der Waals surface area (Å²) in [5, 5.41) is 6.43. The Balaban J connectivity index is 2.30. The van der Waals surface area contributed by atoms with Crippen molar-refractivity contribution >= 4 is 12.2 Å². The summed E-state index contributed by atoms with van der Waals surface area (Å²) in [5.41, 5.74) is 0.0717. The molecule has 0 aliphatic heterocycles. The van der Waals surface area contributed by atoms with E-state index in [1.807, 2.05) is 0 Å². The molecular weight excluding hydrogens is 301 g/mol. The summed E-state index contributed by atoms with van der Waals surface area (Å²) >= 11 is 5.01. The van der Waals surface area contributed by atoms with Gasteiger partial charge in [0.2, 0.25) is 0 Å². The highest BCUT2D eigenvalue weighted by Crippen LogP contribution is 2.25. The van der Waals surface area contributed by atoms with Gasteiger partial charge in [-0.05, 0) is 24.4 Å². The van der Waals surface area contributed by atoms with E-state index >= 15 is 0 Å². The van der Waals surface area contributed by atoms with Crippen LogP contribution >= 0.6 is 12.2 Å². The molecule has 3 aromatic rings. The fourth-order valence-corrected chi connectivity index (χ4v) is 2.17. The first kappa shape index (κ1) is 13.5. The van der Waals surface area contributed by atoms with E-state index in [0.717, 1.165) is 4.57 Å². The number of nitrogens with zero attached hydrogens (tertiary/aromatic N) is 3. The first-order chi connectivity index (χ1) is 10.1. The number of rotatable bonds is 2. The minimum atomic E-state index is -1.07. The average molecular weight is 308 g/mol. The number of aromatic amines is 1. The van der Waals surface area contributed by atoms with Gasteiger partial charge in [0.1, 0.15) is 11.5 Å². The topological polar surface area (TPSA) is 46.5 Å². The van der Waals surface area contributed by atoms with E-state index in [-0.39, 0.29) is 10.6 Å². The molecule has 8 heteroatoms. The molecule has 21 heavy (non-hydrogen) atoms. The Morgan fingerprint density at radius 3 is 2.29 bits per heavy atom. The van der Waals surface area contributed by atoms with Gasteiger partial charge in [-0.2, -0.15) is 5.10 Å². The summed E-state index contributed by atoms with van der Waals surface area (Å²) in [6, 6.07) is 4.40. The maximum Gasteiger partial charge on any atom is 0.200 e. The van der Waals surface area contributed by atoms with E-state index in [2.05, 4.69) is 15.2 Å². The van der Waals surface area contributed by atoms with Gasteiger partial charge in [-0.25, -0.2) is 13.2 Å². The lowest BCUT2D eigenvalue weighted by Gasteiger charge is -2.09. The zero-order chi connectivity index (χ0) is 15.0. The molecule has 1 aromatic carbocycles. The number of hydrogen-bond donors (Lipinski definition) is 1. The van der Waals surface area contributed by atoms with Crippen molar-refractivity contribution in [3.8, 4) is 17.1 Å². The monoisotopic (exact) mass is 308 g/mol. The highest BCUT2D eigenvalue weighted by atomic mass is 32.1. The Morgan fingerprint density at radius 2 is 1.67 bits per heavy atom. The number of hydrogen-bond acceptors (Lipinski definition) is 3. The summed E-state index contributed by atoms with van der Waals surface area (Å²) in [5.74, 6) is -2.94. The summed E-state index contributed by atoms with van der Waals surface area (Å²) in [7, 11) is 0. The van der Waals surface area contributed by atoms with Gasteiger partial charge in [0.15, 0.2) is 22.2 Å². The van der Waals surface area contributed by atoms with E-state index < -0.39 is 23.1 Å². The Hall–Kier alpha value is -2.48. The van der Waals surface area contributed by atoms with Crippen LogP contribution in [-0.2, 0) is 0 Å². The molecular formula is C13H7F3N4S. The zero-order valence-electron chi connectivity index (χ0n) is 10.3. The minimum Gasteiger partial charge on any atom is -0.265 e. The quantitative estimate of drug-likeness (QED) is 0.738. The molecule has 0 amide bonds. The third-order valence-electron chi connectivity index (χ3n) is 2.82. The van der Waals surface area contributed by atoms with Crippen LogP contribution in [0.1, 0.15) is 0 Å². The van der Waals surface area contributed by atoms with Crippen molar-refractivity contribution in [3.05, 3.63) is 58.9 Å². The third kappa shape index (κ3) is 2.33. The third-order valence-corrected chi connectivity index (χ3v) is 3.09. The number of pyridine rings is 1.